The number of methoxy groups -OCH3 is 1. The first kappa shape index (κ1) is 17.7. The molecular weight excluding hydrogens is 322 g/mol. The molecule has 2 rings (SSSR count). The molecule has 0 atom stereocenters. The molecule has 0 aliphatic rings. The summed E-state index contributed by atoms with van der Waals surface area (Å²) >= 11 is 5.23. The van der Waals surface area contributed by atoms with Gasteiger partial charge in [-0.1, -0.05) is 18.2 Å². The summed E-state index contributed by atoms with van der Waals surface area (Å²) in [5, 5.41) is 7.68. The van der Waals surface area contributed by atoms with Crippen LogP contribution in [0.25, 0.3) is 0 Å². The molecule has 6 heteroatoms. The van der Waals surface area contributed by atoms with E-state index in [0.717, 1.165) is 16.8 Å². The number of thiocarbonyl (C=S) groups is 1. The average Bonchev–Trinajstić information content (AvgIpc) is 2.58. The van der Waals surface area contributed by atoms with Gasteiger partial charge in [-0.15, -0.1) is 0 Å². The molecule has 0 spiro atoms. The fourth-order valence-electron chi connectivity index (χ4n) is 2.07. The van der Waals surface area contributed by atoms with E-state index in [1.54, 1.807) is 13.3 Å². The summed E-state index contributed by atoms with van der Waals surface area (Å²) in [5.74, 6) is 1.38. The lowest BCUT2D eigenvalue weighted by Crippen LogP contribution is -2.24. The van der Waals surface area contributed by atoms with Crippen LogP contribution in [0.4, 0.5) is 5.69 Å². The van der Waals surface area contributed by atoms with E-state index in [0.29, 0.717) is 23.2 Å². The predicted octanol–water partition coefficient (Wildman–Crippen LogP) is 3.72. The van der Waals surface area contributed by atoms with Gasteiger partial charge in [-0.05, 0) is 61.5 Å². The Balaban J connectivity index is 1.96. The second-order valence-corrected chi connectivity index (χ2v) is 5.39. The maximum atomic E-state index is 5.49. The Hall–Kier alpha value is -2.60. The van der Waals surface area contributed by atoms with Gasteiger partial charge in [0, 0.05) is 5.69 Å². The van der Waals surface area contributed by atoms with Crippen molar-refractivity contribution in [2.45, 2.75) is 13.8 Å². The van der Waals surface area contributed by atoms with Gasteiger partial charge in [0.2, 0.25) is 0 Å². The summed E-state index contributed by atoms with van der Waals surface area (Å²) < 4.78 is 10.8. The van der Waals surface area contributed by atoms with Crippen LogP contribution in [0.1, 0.15) is 18.1 Å². The first-order chi connectivity index (χ1) is 11.6. The Kier molecular flexibility index (Phi) is 6.57. The second kappa shape index (κ2) is 8.88. The van der Waals surface area contributed by atoms with Gasteiger partial charge in [-0.3, -0.25) is 5.43 Å². The molecule has 0 aliphatic heterocycles. The van der Waals surface area contributed by atoms with Crippen molar-refractivity contribution in [2.75, 3.05) is 19.0 Å². The largest absolute Gasteiger partial charge is 0.493 e. The quantitative estimate of drug-likeness (QED) is 0.476. The lowest BCUT2D eigenvalue weighted by atomic mass is 10.2. The summed E-state index contributed by atoms with van der Waals surface area (Å²) in [6.45, 7) is 4.53. The van der Waals surface area contributed by atoms with E-state index < -0.39 is 0 Å². The first-order valence-electron chi connectivity index (χ1n) is 7.60. The predicted molar refractivity (Wildman–Crippen MR) is 102 cm³/mol. The smallest absolute Gasteiger partial charge is 0.191 e. The SMILES string of the molecule is CCOc1ccc(/C=N/NC(=S)Nc2ccccc2C)cc1OC. The van der Waals surface area contributed by atoms with Crippen LogP contribution in [-0.2, 0) is 0 Å². The number of aryl methyl sites for hydroxylation is 1. The highest BCUT2D eigenvalue weighted by molar-refractivity contribution is 7.80. The van der Waals surface area contributed by atoms with Crippen molar-refractivity contribution >= 4 is 29.2 Å². The number of hydrogen-bond acceptors (Lipinski definition) is 4. The Morgan fingerprint density at radius 3 is 2.71 bits per heavy atom. The number of hydrazone groups is 1. The molecule has 126 valence electrons. The number of rotatable bonds is 6. The van der Waals surface area contributed by atoms with E-state index in [9.17, 15) is 0 Å². The molecule has 0 radical (unpaired) electrons. The van der Waals surface area contributed by atoms with Gasteiger partial charge in [0.25, 0.3) is 0 Å². The molecule has 0 fully saturated rings. The average molecular weight is 343 g/mol. The zero-order chi connectivity index (χ0) is 17.4. The Morgan fingerprint density at radius 1 is 1.21 bits per heavy atom. The summed E-state index contributed by atoms with van der Waals surface area (Å²) in [7, 11) is 1.61. The van der Waals surface area contributed by atoms with Crippen LogP contribution in [0, 0.1) is 6.92 Å². The van der Waals surface area contributed by atoms with Crippen molar-refractivity contribution in [1.29, 1.82) is 0 Å². The molecule has 0 saturated carbocycles. The van der Waals surface area contributed by atoms with Crippen LogP contribution in [0.5, 0.6) is 11.5 Å². The van der Waals surface area contributed by atoms with E-state index >= 15 is 0 Å². The molecule has 0 heterocycles. The molecule has 2 aromatic rings. The minimum Gasteiger partial charge on any atom is -0.493 e. The Morgan fingerprint density at radius 2 is 2.00 bits per heavy atom. The minimum absolute atomic E-state index is 0.429. The fourth-order valence-corrected chi connectivity index (χ4v) is 2.23. The minimum atomic E-state index is 0.429. The zero-order valence-corrected chi connectivity index (χ0v) is 14.8. The van der Waals surface area contributed by atoms with Crippen LogP contribution in [0.2, 0.25) is 0 Å². The van der Waals surface area contributed by atoms with Gasteiger partial charge in [0.1, 0.15) is 0 Å². The highest BCUT2D eigenvalue weighted by atomic mass is 32.1. The monoisotopic (exact) mass is 343 g/mol. The number of benzene rings is 2. The van der Waals surface area contributed by atoms with Crippen molar-refractivity contribution in [1.82, 2.24) is 5.43 Å². The molecule has 2 N–H and O–H groups in total. The zero-order valence-electron chi connectivity index (χ0n) is 14.0. The number of hydrogen-bond donors (Lipinski definition) is 2. The van der Waals surface area contributed by atoms with Gasteiger partial charge in [-0.25, -0.2) is 0 Å². The molecule has 0 amide bonds. The number of nitrogens with zero attached hydrogens (tertiary/aromatic N) is 1. The van der Waals surface area contributed by atoms with Crippen LogP contribution in [-0.4, -0.2) is 25.0 Å². The summed E-state index contributed by atoms with van der Waals surface area (Å²) in [6.07, 6.45) is 1.67. The number of anilines is 1. The van der Waals surface area contributed by atoms with Gasteiger partial charge in [-0.2, -0.15) is 5.10 Å². The first-order valence-corrected chi connectivity index (χ1v) is 8.01. The highest BCUT2D eigenvalue weighted by Crippen LogP contribution is 2.27. The molecule has 5 nitrogen and oxygen atoms in total. The third-order valence-corrected chi connectivity index (χ3v) is 3.45. The van der Waals surface area contributed by atoms with Crippen molar-refractivity contribution in [3.8, 4) is 11.5 Å². The lowest BCUT2D eigenvalue weighted by molar-refractivity contribution is 0.311. The maximum absolute atomic E-state index is 5.49. The number of nitrogens with one attached hydrogen (secondary N) is 2. The number of ether oxygens (including phenoxy) is 2. The van der Waals surface area contributed by atoms with Gasteiger partial charge in [0.05, 0.1) is 19.9 Å². The van der Waals surface area contributed by atoms with Gasteiger partial charge < -0.3 is 14.8 Å². The van der Waals surface area contributed by atoms with E-state index in [1.165, 1.54) is 0 Å². The van der Waals surface area contributed by atoms with Crippen LogP contribution in [0.15, 0.2) is 47.6 Å². The Bertz CT molecular complexity index is 732. The maximum Gasteiger partial charge on any atom is 0.191 e. The second-order valence-electron chi connectivity index (χ2n) is 4.98. The van der Waals surface area contributed by atoms with Crippen molar-refractivity contribution < 1.29 is 9.47 Å². The summed E-state index contributed by atoms with van der Waals surface area (Å²) in [4.78, 5) is 0. The molecular formula is C18H21N3O2S. The van der Waals surface area contributed by atoms with Crippen LogP contribution < -0.4 is 20.2 Å². The van der Waals surface area contributed by atoms with Gasteiger partial charge in [0.15, 0.2) is 16.6 Å². The van der Waals surface area contributed by atoms with Gasteiger partial charge >= 0.3 is 0 Å². The third kappa shape index (κ3) is 4.96. The molecule has 0 aromatic heterocycles. The summed E-state index contributed by atoms with van der Waals surface area (Å²) in [5.41, 5.74) is 5.74. The lowest BCUT2D eigenvalue weighted by Gasteiger charge is -2.10. The third-order valence-electron chi connectivity index (χ3n) is 3.26. The molecule has 0 unspecified atom stereocenters. The van der Waals surface area contributed by atoms with Crippen molar-refractivity contribution in [2.24, 2.45) is 5.10 Å². The van der Waals surface area contributed by atoms with Crippen LogP contribution >= 0.6 is 12.2 Å². The Labute approximate surface area is 147 Å². The van der Waals surface area contributed by atoms with E-state index in [1.807, 2.05) is 56.3 Å². The molecule has 0 bridgehead atoms. The van der Waals surface area contributed by atoms with Crippen LogP contribution in [0.3, 0.4) is 0 Å². The summed E-state index contributed by atoms with van der Waals surface area (Å²) in [6, 6.07) is 13.5. The molecule has 0 saturated heterocycles. The van der Waals surface area contributed by atoms with E-state index in [4.69, 9.17) is 21.7 Å². The normalized spacial score (nSPS) is 10.5. The van der Waals surface area contributed by atoms with Crippen molar-refractivity contribution in [3.63, 3.8) is 0 Å². The van der Waals surface area contributed by atoms with E-state index in [2.05, 4.69) is 15.8 Å². The molecule has 2 aromatic carbocycles. The molecule has 0 aliphatic carbocycles. The topological polar surface area (TPSA) is 54.9 Å². The fraction of sp³-hybridized carbons (Fsp3) is 0.222. The standard InChI is InChI=1S/C18H21N3O2S/c1-4-23-16-10-9-14(11-17(16)22-3)12-19-21-18(24)20-15-8-6-5-7-13(15)2/h5-12H,4H2,1-3H3,(H2,20,21,24)/b19-12+. The van der Waals surface area contributed by atoms with Crippen molar-refractivity contribution in [3.05, 3.63) is 53.6 Å². The molecule has 24 heavy (non-hydrogen) atoms. The van der Waals surface area contributed by atoms with E-state index in [-0.39, 0.29) is 0 Å². The number of para-hydroxylation sites is 1. The highest BCUT2D eigenvalue weighted by Gasteiger charge is 2.04.